The van der Waals surface area contributed by atoms with Crippen LogP contribution in [0.3, 0.4) is 0 Å². The van der Waals surface area contributed by atoms with Crippen molar-refractivity contribution in [1.82, 2.24) is 20.0 Å². The number of H-pyrrole nitrogens is 1. The fourth-order valence-electron chi connectivity index (χ4n) is 2.63. The van der Waals surface area contributed by atoms with E-state index in [-0.39, 0.29) is 0 Å². The van der Waals surface area contributed by atoms with Crippen LogP contribution in [0.1, 0.15) is 41.9 Å². The van der Waals surface area contributed by atoms with Gasteiger partial charge in [0.1, 0.15) is 11.6 Å². The van der Waals surface area contributed by atoms with Gasteiger partial charge in [0, 0.05) is 24.5 Å². The summed E-state index contributed by atoms with van der Waals surface area (Å²) >= 11 is 0. The van der Waals surface area contributed by atoms with Crippen LogP contribution in [0.25, 0.3) is 0 Å². The summed E-state index contributed by atoms with van der Waals surface area (Å²) in [6.07, 6.45) is 4.26. The van der Waals surface area contributed by atoms with Crippen molar-refractivity contribution in [2.45, 2.75) is 39.3 Å². The molecule has 1 unspecified atom stereocenters. The van der Waals surface area contributed by atoms with E-state index in [0.29, 0.717) is 6.04 Å². The van der Waals surface area contributed by atoms with Crippen LogP contribution in [-0.4, -0.2) is 26.6 Å². The molecule has 5 nitrogen and oxygen atoms in total. The van der Waals surface area contributed by atoms with E-state index < -0.39 is 0 Å². The molecule has 1 fully saturated rings. The fourth-order valence-corrected chi connectivity index (χ4v) is 2.63. The predicted molar refractivity (Wildman–Crippen MR) is 66.9 cm³/mol. The third kappa shape index (κ3) is 2.18. The van der Waals surface area contributed by atoms with Gasteiger partial charge in [0.15, 0.2) is 0 Å². The normalized spacial score (nSPS) is 20.7. The van der Waals surface area contributed by atoms with E-state index in [1.807, 2.05) is 26.1 Å². The SMILES string of the molecule is Cc1cnc(C2CCCN2Cc2cc(C)on2)[nH]1. The predicted octanol–water partition coefficient (Wildman–Crippen LogP) is 2.35. The van der Waals surface area contributed by atoms with Crippen LogP contribution < -0.4 is 0 Å². The standard InChI is InChI=1S/C13H18N4O/c1-9-7-14-13(15-9)12-4-3-5-17(12)8-11-6-10(2)18-16-11/h6-7,12H,3-5,8H2,1-2H3,(H,14,15). The second kappa shape index (κ2) is 4.57. The topological polar surface area (TPSA) is 58.0 Å². The van der Waals surface area contributed by atoms with E-state index in [2.05, 4.69) is 20.0 Å². The van der Waals surface area contributed by atoms with Crippen molar-refractivity contribution in [3.05, 3.63) is 35.2 Å². The number of hydrogen-bond acceptors (Lipinski definition) is 4. The Hall–Kier alpha value is -1.62. The summed E-state index contributed by atoms with van der Waals surface area (Å²) in [6, 6.07) is 2.39. The molecule has 0 aromatic carbocycles. The van der Waals surface area contributed by atoms with Crippen molar-refractivity contribution in [3.63, 3.8) is 0 Å². The van der Waals surface area contributed by atoms with Crippen LogP contribution >= 0.6 is 0 Å². The molecule has 0 radical (unpaired) electrons. The molecule has 0 aliphatic carbocycles. The van der Waals surface area contributed by atoms with E-state index in [9.17, 15) is 0 Å². The lowest BCUT2D eigenvalue weighted by Gasteiger charge is -2.21. The molecule has 0 amide bonds. The molecule has 3 heterocycles. The third-order valence-corrected chi connectivity index (χ3v) is 3.44. The first-order valence-electron chi connectivity index (χ1n) is 6.40. The van der Waals surface area contributed by atoms with E-state index in [1.54, 1.807) is 0 Å². The first-order chi connectivity index (χ1) is 8.72. The summed E-state index contributed by atoms with van der Waals surface area (Å²) in [5.41, 5.74) is 2.12. The second-order valence-electron chi connectivity index (χ2n) is 5.01. The summed E-state index contributed by atoms with van der Waals surface area (Å²) in [6.45, 7) is 5.89. The number of hydrogen-bond donors (Lipinski definition) is 1. The fraction of sp³-hybridized carbons (Fsp3) is 0.538. The Labute approximate surface area is 106 Å². The molecule has 0 saturated carbocycles. The highest BCUT2D eigenvalue weighted by Gasteiger charge is 2.28. The minimum absolute atomic E-state index is 0.385. The Kier molecular flexibility index (Phi) is 2.91. The summed E-state index contributed by atoms with van der Waals surface area (Å²) < 4.78 is 5.12. The van der Waals surface area contributed by atoms with E-state index in [1.165, 1.54) is 6.42 Å². The van der Waals surface area contributed by atoms with Crippen LogP contribution in [0, 0.1) is 13.8 Å². The number of aryl methyl sites for hydroxylation is 2. The Balaban J connectivity index is 1.75. The van der Waals surface area contributed by atoms with Crippen LogP contribution in [0.5, 0.6) is 0 Å². The van der Waals surface area contributed by atoms with Gasteiger partial charge in [0.2, 0.25) is 0 Å². The number of aromatic nitrogens is 3. The molecule has 1 N–H and O–H groups in total. The number of imidazole rings is 1. The molecule has 1 saturated heterocycles. The van der Waals surface area contributed by atoms with Gasteiger partial charge < -0.3 is 9.51 Å². The van der Waals surface area contributed by atoms with Crippen LogP contribution in [0.2, 0.25) is 0 Å². The zero-order valence-corrected chi connectivity index (χ0v) is 10.8. The number of aromatic amines is 1. The molecule has 0 bridgehead atoms. The number of nitrogens with one attached hydrogen (secondary N) is 1. The minimum Gasteiger partial charge on any atom is -0.361 e. The van der Waals surface area contributed by atoms with Gasteiger partial charge in [0.25, 0.3) is 0 Å². The third-order valence-electron chi connectivity index (χ3n) is 3.44. The molecule has 18 heavy (non-hydrogen) atoms. The Morgan fingerprint density at radius 2 is 2.39 bits per heavy atom. The highest BCUT2D eigenvalue weighted by atomic mass is 16.5. The molecule has 96 valence electrons. The number of likely N-dealkylation sites (tertiary alicyclic amines) is 1. The smallest absolute Gasteiger partial charge is 0.133 e. The lowest BCUT2D eigenvalue weighted by molar-refractivity contribution is 0.233. The Morgan fingerprint density at radius 3 is 3.06 bits per heavy atom. The maximum Gasteiger partial charge on any atom is 0.133 e. The Morgan fingerprint density at radius 1 is 1.50 bits per heavy atom. The maximum absolute atomic E-state index is 5.12. The molecular formula is C13H18N4O. The van der Waals surface area contributed by atoms with Crippen molar-refractivity contribution in [2.75, 3.05) is 6.54 Å². The van der Waals surface area contributed by atoms with Gasteiger partial charge in [-0.15, -0.1) is 0 Å². The molecule has 2 aromatic heterocycles. The molecular weight excluding hydrogens is 228 g/mol. The van der Waals surface area contributed by atoms with Crippen LogP contribution in [-0.2, 0) is 6.54 Å². The summed E-state index contributed by atoms with van der Waals surface area (Å²) in [4.78, 5) is 10.2. The average Bonchev–Trinajstić information content (AvgIpc) is 3.01. The number of nitrogens with zero attached hydrogens (tertiary/aromatic N) is 3. The molecule has 1 aliphatic heterocycles. The number of rotatable bonds is 3. The Bertz CT molecular complexity index is 531. The van der Waals surface area contributed by atoms with Crippen molar-refractivity contribution in [1.29, 1.82) is 0 Å². The highest BCUT2D eigenvalue weighted by Crippen LogP contribution is 2.31. The van der Waals surface area contributed by atoms with Gasteiger partial charge in [-0.3, -0.25) is 4.90 Å². The second-order valence-corrected chi connectivity index (χ2v) is 5.01. The first-order valence-corrected chi connectivity index (χ1v) is 6.40. The van der Waals surface area contributed by atoms with Crippen molar-refractivity contribution in [3.8, 4) is 0 Å². The molecule has 2 aromatic rings. The summed E-state index contributed by atoms with van der Waals surface area (Å²) in [7, 11) is 0. The van der Waals surface area contributed by atoms with E-state index >= 15 is 0 Å². The van der Waals surface area contributed by atoms with Crippen molar-refractivity contribution < 1.29 is 4.52 Å². The maximum atomic E-state index is 5.12. The van der Waals surface area contributed by atoms with Crippen molar-refractivity contribution in [2.24, 2.45) is 0 Å². The highest BCUT2D eigenvalue weighted by molar-refractivity contribution is 5.08. The summed E-state index contributed by atoms with van der Waals surface area (Å²) in [5.74, 6) is 1.94. The molecule has 1 atom stereocenters. The largest absolute Gasteiger partial charge is 0.361 e. The van der Waals surface area contributed by atoms with Crippen LogP contribution in [0.15, 0.2) is 16.8 Å². The average molecular weight is 246 g/mol. The summed E-state index contributed by atoms with van der Waals surface area (Å²) in [5, 5.41) is 4.07. The van der Waals surface area contributed by atoms with Gasteiger partial charge in [-0.1, -0.05) is 5.16 Å². The zero-order valence-electron chi connectivity index (χ0n) is 10.8. The van der Waals surface area contributed by atoms with Gasteiger partial charge in [-0.2, -0.15) is 0 Å². The van der Waals surface area contributed by atoms with Crippen molar-refractivity contribution >= 4 is 0 Å². The van der Waals surface area contributed by atoms with Gasteiger partial charge in [-0.25, -0.2) is 4.98 Å². The first kappa shape index (κ1) is 11.5. The van der Waals surface area contributed by atoms with Gasteiger partial charge >= 0.3 is 0 Å². The van der Waals surface area contributed by atoms with Gasteiger partial charge in [0.05, 0.1) is 11.7 Å². The quantitative estimate of drug-likeness (QED) is 0.903. The molecule has 3 rings (SSSR count). The zero-order chi connectivity index (χ0) is 12.5. The lowest BCUT2D eigenvalue weighted by atomic mass is 10.2. The molecule has 1 aliphatic rings. The minimum atomic E-state index is 0.385. The van der Waals surface area contributed by atoms with E-state index in [4.69, 9.17) is 4.52 Å². The van der Waals surface area contributed by atoms with Crippen LogP contribution in [0.4, 0.5) is 0 Å². The van der Waals surface area contributed by atoms with Gasteiger partial charge in [-0.05, 0) is 33.2 Å². The lowest BCUT2D eigenvalue weighted by Crippen LogP contribution is -2.23. The molecule has 0 spiro atoms. The van der Waals surface area contributed by atoms with E-state index in [0.717, 1.165) is 42.5 Å². The monoisotopic (exact) mass is 246 g/mol. The molecule has 5 heteroatoms.